The lowest BCUT2D eigenvalue weighted by Crippen LogP contribution is -2.23. The molecular weight excluding hydrogens is 260 g/mol. The zero-order valence-corrected chi connectivity index (χ0v) is 12.2. The number of benzene rings is 1. The van der Waals surface area contributed by atoms with E-state index in [9.17, 15) is 0 Å². The van der Waals surface area contributed by atoms with Crippen LogP contribution in [0, 0.1) is 6.92 Å². The number of pyridine rings is 1. The molecule has 106 valence electrons. The van der Waals surface area contributed by atoms with Crippen LogP contribution in [0.2, 0.25) is 0 Å². The smallest absolute Gasteiger partial charge is 0.115 e. The van der Waals surface area contributed by atoms with E-state index in [0.29, 0.717) is 0 Å². The van der Waals surface area contributed by atoms with Gasteiger partial charge in [0, 0.05) is 23.3 Å². The van der Waals surface area contributed by atoms with E-state index < -0.39 is 0 Å². The van der Waals surface area contributed by atoms with Crippen molar-refractivity contribution in [3.8, 4) is 0 Å². The molecule has 0 aliphatic heterocycles. The second kappa shape index (κ2) is 5.97. The van der Waals surface area contributed by atoms with E-state index in [1.165, 1.54) is 10.9 Å². The average Bonchev–Trinajstić information content (AvgIpc) is 2.53. The first kappa shape index (κ1) is 13.6. The summed E-state index contributed by atoms with van der Waals surface area (Å²) in [6, 6.07) is 10.4. The highest BCUT2D eigenvalue weighted by Gasteiger charge is 2.16. The molecule has 0 spiro atoms. The van der Waals surface area contributed by atoms with Gasteiger partial charge in [0.05, 0.1) is 17.3 Å². The first-order valence-electron chi connectivity index (χ1n) is 7.14. The molecular formula is C17H18N4. The minimum Gasteiger partial charge on any atom is -0.305 e. The van der Waals surface area contributed by atoms with E-state index in [-0.39, 0.29) is 6.04 Å². The average molecular weight is 278 g/mol. The highest BCUT2D eigenvalue weighted by Crippen LogP contribution is 2.24. The van der Waals surface area contributed by atoms with Crippen LogP contribution in [0.4, 0.5) is 0 Å². The molecule has 0 bridgehead atoms. The molecule has 1 aromatic carbocycles. The number of nitrogens with zero attached hydrogens (tertiary/aromatic N) is 3. The van der Waals surface area contributed by atoms with Crippen LogP contribution in [0.15, 0.2) is 49.1 Å². The van der Waals surface area contributed by atoms with Gasteiger partial charge in [-0.3, -0.25) is 4.98 Å². The van der Waals surface area contributed by atoms with Crippen LogP contribution in [-0.4, -0.2) is 21.5 Å². The molecule has 1 unspecified atom stereocenters. The maximum Gasteiger partial charge on any atom is 0.115 e. The molecule has 0 saturated carbocycles. The van der Waals surface area contributed by atoms with Crippen LogP contribution < -0.4 is 5.32 Å². The molecule has 0 aliphatic rings. The van der Waals surface area contributed by atoms with Crippen LogP contribution in [-0.2, 0) is 0 Å². The van der Waals surface area contributed by atoms with Gasteiger partial charge in [-0.15, -0.1) is 0 Å². The zero-order chi connectivity index (χ0) is 14.7. The first-order chi connectivity index (χ1) is 10.3. The van der Waals surface area contributed by atoms with E-state index in [2.05, 4.69) is 47.3 Å². The number of rotatable bonds is 4. The molecule has 1 N–H and O–H groups in total. The second-order valence-electron chi connectivity index (χ2n) is 5.04. The Bertz CT molecular complexity index is 740. The van der Waals surface area contributed by atoms with Gasteiger partial charge in [-0.2, -0.15) is 0 Å². The maximum atomic E-state index is 4.81. The Labute approximate surface area is 124 Å². The maximum absolute atomic E-state index is 4.81. The Hall–Kier alpha value is -2.33. The summed E-state index contributed by atoms with van der Waals surface area (Å²) in [5.41, 5.74) is 4.28. The minimum absolute atomic E-state index is 0.0134. The van der Waals surface area contributed by atoms with E-state index in [4.69, 9.17) is 4.98 Å². The molecule has 0 amide bonds. The number of aryl methyl sites for hydroxylation is 1. The summed E-state index contributed by atoms with van der Waals surface area (Å²) >= 11 is 0. The monoisotopic (exact) mass is 278 g/mol. The topological polar surface area (TPSA) is 50.7 Å². The number of fused-ring (bicyclic) bond motifs is 1. The standard InChI is InChI=1S/C17H18N4/c1-3-20-17(13-9-18-11-19-10-13)16-8-12(2)14-6-4-5-7-15(14)21-16/h4-11,17,20H,3H2,1-2H3. The first-order valence-corrected chi connectivity index (χ1v) is 7.14. The van der Waals surface area contributed by atoms with E-state index in [1.807, 2.05) is 24.5 Å². The van der Waals surface area contributed by atoms with Crippen LogP contribution in [0.3, 0.4) is 0 Å². The number of aromatic nitrogens is 3. The summed E-state index contributed by atoms with van der Waals surface area (Å²) in [4.78, 5) is 13.1. The van der Waals surface area contributed by atoms with Crippen molar-refractivity contribution in [2.75, 3.05) is 6.54 Å². The third-order valence-corrected chi connectivity index (χ3v) is 3.56. The van der Waals surface area contributed by atoms with E-state index >= 15 is 0 Å². The van der Waals surface area contributed by atoms with Crippen molar-refractivity contribution in [3.05, 3.63) is 65.9 Å². The predicted octanol–water partition coefficient (Wildman–Crippen LogP) is 3.03. The Morgan fingerprint density at radius 1 is 1.14 bits per heavy atom. The summed E-state index contributed by atoms with van der Waals surface area (Å²) in [6.07, 6.45) is 5.23. The lowest BCUT2D eigenvalue weighted by atomic mass is 10.0. The minimum atomic E-state index is 0.0134. The predicted molar refractivity (Wildman–Crippen MR) is 84.0 cm³/mol. The molecule has 4 nitrogen and oxygen atoms in total. The van der Waals surface area contributed by atoms with Gasteiger partial charge in [0.2, 0.25) is 0 Å². The zero-order valence-electron chi connectivity index (χ0n) is 12.2. The molecule has 1 atom stereocenters. The van der Waals surface area contributed by atoms with Crippen molar-refractivity contribution >= 4 is 10.9 Å². The van der Waals surface area contributed by atoms with Gasteiger partial charge in [-0.1, -0.05) is 25.1 Å². The summed E-state index contributed by atoms with van der Waals surface area (Å²) in [6.45, 7) is 5.07. The summed E-state index contributed by atoms with van der Waals surface area (Å²) in [5, 5.41) is 4.66. The fraction of sp³-hybridized carbons (Fsp3) is 0.235. The number of nitrogens with one attached hydrogen (secondary N) is 1. The SMILES string of the molecule is CCNC(c1cncnc1)c1cc(C)c2ccccc2n1. The molecule has 2 heterocycles. The van der Waals surface area contributed by atoms with Crippen molar-refractivity contribution in [2.24, 2.45) is 0 Å². The molecule has 0 radical (unpaired) electrons. The van der Waals surface area contributed by atoms with Crippen molar-refractivity contribution in [1.29, 1.82) is 0 Å². The van der Waals surface area contributed by atoms with Crippen molar-refractivity contribution in [1.82, 2.24) is 20.3 Å². The molecule has 3 aromatic rings. The number of para-hydroxylation sites is 1. The van der Waals surface area contributed by atoms with Gasteiger partial charge in [0.1, 0.15) is 6.33 Å². The third kappa shape index (κ3) is 2.76. The van der Waals surface area contributed by atoms with Gasteiger partial charge in [0.15, 0.2) is 0 Å². The van der Waals surface area contributed by atoms with Crippen LogP contribution in [0.5, 0.6) is 0 Å². The lowest BCUT2D eigenvalue weighted by molar-refractivity contribution is 0.612. The molecule has 2 aromatic heterocycles. The van der Waals surface area contributed by atoms with Gasteiger partial charge >= 0.3 is 0 Å². The largest absolute Gasteiger partial charge is 0.305 e. The van der Waals surface area contributed by atoms with E-state index in [0.717, 1.165) is 23.3 Å². The van der Waals surface area contributed by atoms with Crippen LogP contribution >= 0.6 is 0 Å². The quantitative estimate of drug-likeness (QED) is 0.797. The molecule has 0 fully saturated rings. The summed E-state index contributed by atoms with van der Waals surface area (Å²) < 4.78 is 0. The Kier molecular flexibility index (Phi) is 3.88. The van der Waals surface area contributed by atoms with Crippen molar-refractivity contribution in [3.63, 3.8) is 0 Å². The van der Waals surface area contributed by atoms with Gasteiger partial charge in [-0.25, -0.2) is 9.97 Å². The number of hydrogen-bond acceptors (Lipinski definition) is 4. The van der Waals surface area contributed by atoms with Crippen LogP contribution in [0.25, 0.3) is 10.9 Å². The Morgan fingerprint density at radius 2 is 1.90 bits per heavy atom. The summed E-state index contributed by atoms with van der Waals surface area (Å²) in [7, 11) is 0. The Balaban J connectivity index is 2.11. The molecule has 0 saturated heterocycles. The van der Waals surface area contributed by atoms with Crippen LogP contribution in [0.1, 0.15) is 29.8 Å². The normalized spacial score (nSPS) is 12.5. The highest BCUT2D eigenvalue weighted by molar-refractivity contribution is 5.82. The van der Waals surface area contributed by atoms with Gasteiger partial charge in [0.25, 0.3) is 0 Å². The summed E-state index contributed by atoms with van der Waals surface area (Å²) in [5.74, 6) is 0. The third-order valence-electron chi connectivity index (χ3n) is 3.56. The molecule has 4 heteroatoms. The second-order valence-corrected chi connectivity index (χ2v) is 5.04. The van der Waals surface area contributed by atoms with Crippen molar-refractivity contribution < 1.29 is 0 Å². The molecule has 3 rings (SSSR count). The highest BCUT2D eigenvalue weighted by atomic mass is 14.9. The van der Waals surface area contributed by atoms with E-state index in [1.54, 1.807) is 6.33 Å². The van der Waals surface area contributed by atoms with Gasteiger partial charge in [-0.05, 0) is 31.2 Å². The fourth-order valence-corrected chi connectivity index (χ4v) is 2.58. The Morgan fingerprint density at radius 3 is 2.67 bits per heavy atom. The fourth-order valence-electron chi connectivity index (χ4n) is 2.58. The molecule has 21 heavy (non-hydrogen) atoms. The van der Waals surface area contributed by atoms with Crippen molar-refractivity contribution in [2.45, 2.75) is 19.9 Å². The number of hydrogen-bond donors (Lipinski definition) is 1. The lowest BCUT2D eigenvalue weighted by Gasteiger charge is -2.18. The molecule has 0 aliphatic carbocycles. The van der Waals surface area contributed by atoms with Gasteiger partial charge < -0.3 is 5.32 Å².